The van der Waals surface area contributed by atoms with E-state index in [4.69, 9.17) is 0 Å². The van der Waals surface area contributed by atoms with Crippen LogP contribution < -0.4 is 5.32 Å². The number of para-hydroxylation sites is 3. The molecule has 170 valence electrons. The molecule has 2 aromatic heterocycles. The van der Waals surface area contributed by atoms with Crippen LogP contribution in [0.3, 0.4) is 0 Å². The van der Waals surface area contributed by atoms with Gasteiger partial charge >= 0.3 is 0 Å². The van der Waals surface area contributed by atoms with Crippen LogP contribution in [0.2, 0.25) is 0 Å². The van der Waals surface area contributed by atoms with Gasteiger partial charge in [-0.3, -0.25) is 20.2 Å². The van der Waals surface area contributed by atoms with Crippen molar-refractivity contribution >= 4 is 55.3 Å². The predicted octanol–water partition coefficient (Wildman–Crippen LogP) is 5.75. The maximum atomic E-state index is 12.9. The minimum Gasteiger partial charge on any atom is -0.342 e. The number of amides is 1. The number of nitriles is 1. The second-order valence-electron chi connectivity index (χ2n) is 7.73. The SMILES string of the molecule is N#C/C(=C\c1cn(Cc2ccccc2[N+](=O)[O-])c2ccccc12)C(=O)Nc1nc2ccccc2s1. The molecule has 0 saturated heterocycles. The summed E-state index contributed by atoms with van der Waals surface area (Å²) in [6.07, 6.45) is 3.32. The molecule has 0 atom stereocenters. The molecule has 9 heteroatoms. The third-order valence-corrected chi connectivity index (χ3v) is 6.48. The molecule has 3 aromatic carbocycles. The summed E-state index contributed by atoms with van der Waals surface area (Å²) in [7, 11) is 0. The van der Waals surface area contributed by atoms with Gasteiger partial charge < -0.3 is 4.57 Å². The van der Waals surface area contributed by atoms with Gasteiger partial charge in [-0.2, -0.15) is 5.26 Å². The number of nitrogens with one attached hydrogen (secondary N) is 1. The lowest BCUT2D eigenvalue weighted by Gasteiger charge is -2.06. The van der Waals surface area contributed by atoms with E-state index in [1.807, 2.05) is 59.2 Å². The molecule has 0 spiro atoms. The van der Waals surface area contributed by atoms with E-state index < -0.39 is 10.8 Å². The van der Waals surface area contributed by atoms with Gasteiger partial charge in [0.05, 0.1) is 21.7 Å². The van der Waals surface area contributed by atoms with Crippen molar-refractivity contribution in [2.45, 2.75) is 6.54 Å². The normalized spacial score (nSPS) is 11.5. The number of hydrogen-bond donors (Lipinski definition) is 1. The summed E-state index contributed by atoms with van der Waals surface area (Å²) in [5, 5.41) is 25.1. The fraction of sp³-hybridized carbons (Fsp3) is 0.0385. The number of carbonyl (C=O) groups is 1. The van der Waals surface area contributed by atoms with E-state index in [2.05, 4.69) is 10.3 Å². The number of carbonyl (C=O) groups excluding carboxylic acids is 1. The van der Waals surface area contributed by atoms with Crippen molar-refractivity contribution in [3.8, 4) is 6.07 Å². The number of nitro groups is 1. The lowest BCUT2D eigenvalue weighted by molar-refractivity contribution is -0.385. The molecule has 0 saturated carbocycles. The highest BCUT2D eigenvalue weighted by Gasteiger charge is 2.17. The number of nitro benzene ring substituents is 1. The van der Waals surface area contributed by atoms with Crippen molar-refractivity contribution in [2.75, 3.05) is 5.32 Å². The van der Waals surface area contributed by atoms with Crippen LogP contribution >= 0.6 is 11.3 Å². The molecule has 35 heavy (non-hydrogen) atoms. The number of hydrogen-bond acceptors (Lipinski definition) is 6. The first kappa shape index (κ1) is 22.0. The van der Waals surface area contributed by atoms with Crippen molar-refractivity contribution in [1.29, 1.82) is 5.26 Å². The highest BCUT2D eigenvalue weighted by Crippen LogP contribution is 2.28. The van der Waals surface area contributed by atoms with Crippen LogP contribution in [0, 0.1) is 21.4 Å². The van der Waals surface area contributed by atoms with Crippen LogP contribution in [0.15, 0.2) is 84.6 Å². The van der Waals surface area contributed by atoms with Gasteiger partial charge in [-0.15, -0.1) is 0 Å². The standard InChI is InChI=1S/C26H17N5O3S/c27-14-18(25(32)29-26-28-21-9-3-6-12-24(21)35-26)13-19-16-30(23-11-5-2-8-20(19)23)15-17-7-1-4-10-22(17)31(33)34/h1-13,16H,15H2,(H,28,29,32)/b18-13+. The number of aromatic nitrogens is 2. The second kappa shape index (κ2) is 9.21. The van der Waals surface area contributed by atoms with E-state index in [0.717, 1.165) is 21.1 Å². The highest BCUT2D eigenvalue weighted by molar-refractivity contribution is 7.22. The van der Waals surface area contributed by atoms with E-state index in [9.17, 15) is 20.2 Å². The zero-order chi connectivity index (χ0) is 24.4. The Morgan fingerprint density at radius 3 is 2.66 bits per heavy atom. The number of benzene rings is 3. The van der Waals surface area contributed by atoms with Gasteiger partial charge in [0.25, 0.3) is 11.6 Å². The minimum absolute atomic E-state index is 0.0373. The number of fused-ring (bicyclic) bond motifs is 2. The van der Waals surface area contributed by atoms with Crippen molar-refractivity contribution in [3.63, 3.8) is 0 Å². The van der Waals surface area contributed by atoms with Gasteiger partial charge in [0.15, 0.2) is 5.13 Å². The van der Waals surface area contributed by atoms with Crippen LogP contribution in [0.5, 0.6) is 0 Å². The molecule has 5 rings (SSSR count). The monoisotopic (exact) mass is 479 g/mol. The van der Waals surface area contributed by atoms with Crippen LogP contribution in [0.25, 0.3) is 27.2 Å². The molecule has 5 aromatic rings. The summed E-state index contributed by atoms with van der Waals surface area (Å²) in [5.41, 5.74) is 2.79. The number of nitrogens with zero attached hydrogens (tertiary/aromatic N) is 4. The minimum atomic E-state index is -0.554. The summed E-state index contributed by atoms with van der Waals surface area (Å²) in [6, 6.07) is 23.6. The molecule has 0 bridgehead atoms. The van der Waals surface area contributed by atoms with Gasteiger partial charge in [0.1, 0.15) is 11.6 Å². The van der Waals surface area contributed by atoms with Gasteiger partial charge in [0, 0.05) is 34.3 Å². The Morgan fingerprint density at radius 1 is 1.11 bits per heavy atom. The maximum absolute atomic E-state index is 12.9. The van der Waals surface area contributed by atoms with Gasteiger partial charge in [-0.1, -0.05) is 59.9 Å². The molecule has 0 aliphatic carbocycles. The lowest BCUT2D eigenvalue weighted by atomic mass is 10.1. The van der Waals surface area contributed by atoms with E-state index in [0.29, 0.717) is 16.3 Å². The first-order valence-electron chi connectivity index (χ1n) is 10.6. The molecule has 0 aliphatic rings. The Bertz CT molecular complexity index is 1640. The third kappa shape index (κ3) is 4.38. The highest BCUT2D eigenvalue weighted by atomic mass is 32.1. The summed E-state index contributed by atoms with van der Waals surface area (Å²) in [6.45, 7) is 0.269. The molecule has 0 radical (unpaired) electrons. The fourth-order valence-corrected chi connectivity index (χ4v) is 4.78. The first-order valence-corrected chi connectivity index (χ1v) is 11.4. The number of rotatable bonds is 6. The molecule has 2 heterocycles. The smallest absolute Gasteiger partial charge is 0.274 e. The molecule has 8 nitrogen and oxygen atoms in total. The average Bonchev–Trinajstić information content (AvgIpc) is 3.43. The Balaban J connectivity index is 1.49. The summed E-state index contributed by atoms with van der Waals surface area (Å²) in [4.78, 5) is 28.3. The Labute approximate surface area is 203 Å². The van der Waals surface area contributed by atoms with Crippen LogP contribution in [-0.2, 0) is 11.3 Å². The number of thiazole rings is 1. The van der Waals surface area contributed by atoms with Gasteiger partial charge in [-0.25, -0.2) is 4.98 Å². The van der Waals surface area contributed by atoms with Crippen LogP contribution in [-0.4, -0.2) is 20.4 Å². The third-order valence-electron chi connectivity index (χ3n) is 5.53. The fourth-order valence-electron chi connectivity index (χ4n) is 3.92. The largest absolute Gasteiger partial charge is 0.342 e. The first-order chi connectivity index (χ1) is 17.0. The van der Waals surface area contributed by atoms with Crippen molar-refractivity contribution in [3.05, 3.63) is 106 Å². The summed E-state index contributed by atoms with van der Waals surface area (Å²) < 4.78 is 2.81. The molecule has 0 unspecified atom stereocenters. The maximum Gasteiger partial charge on any atom is 0.274 e. The van der Waals surface area contributed by atoms with Crippen LogP contribution in [0.1, 0.15) is 11.1 Å². The molecule has 0 fully saturated rings. The second-order valence-corrected chi connectivity index (χ2v) is 8.76. The molecular weight excluding hydrogens is 462 g/mol. The van der Waals surface area contributed by atoms with Crippen molar-refractivity contribution < 1.29 is 9.72 Å². The number of anilines is 1. The quantitative estimate of drug-likeness (QED) is 0.144. The zero-order valence-electron chi connectivity index (χ0n) is 18.2. The molecule has 1 N–H and O–H groups in total. The summed E-state index contributed by atoms with van der Waals surface area (Å²) >= 11 is 1.33. The predicted molar refractivity (Wildman–Crippen MR) is 136 cm³/mol. The van der Waals surface area contributed by atoms with E-state index in [-0.39, 0.29) is 17.8 Å². The molecule has 1 amide bonds. The molecular formula is C26H17N5O3S. The average molecular weight is 480 g/mol. The Hall–Kier alpha value is -4.81. The Morgan fingerprint density at radius 2 is 1.86 bits per heavy atom. The van der Waals surface area contributed by atoms with Gasteiger partial charge in [-0.05, 0) is 24.3 Å². The topological polar surface area (TPSA) is 114 Å². The van der Waals surface area contributed by atoms with Crippen LogP contribution in [0.4, 0.5) is 10.8 Å². The van der Waals surface area contributed by atoms with E-state index in [1.54, 1.807) is 24.4 Å². The van der Waals surface area contributed by atoms with Crippen molar-refractivity contribution in [2.24, 2.45) is 0 Å². The van der Waals surface area contributed by atoms with Gasteiger partial charge in [0.2, 0.25) is 0 Å². The Kier molecular flexibility index (Phi) is 5.79. The lowest BCUT2D eigenvalue weighted by Crippen LogP contribution is -2.13. The molecule has 0 aliphatic heterocycles. The van der Waals surface area contributed by atoms with E-state index in [1.165, 1.54) is 23.5 Å². The van der Waals surface area contributed by atoms with E-state index >= 15 is 0 Å². The summed E-state index contributed by atoms with van der Waals surface area (Å²) in [5.74, 6) is -0.554. The zero-order valence-corrected chi connectivity index (χ0v) is 19.0. The van der Waals surface area contributed by atoms with Crippen molar-refractivity contribution in [1.82, 2.24) is 9.55 Å².